The van der Waals surface area contributed by atoms with Crippen LogP contribution in [0.3, 0.4) is 0 Å². The van der Waals surface area contributed by atoms with Crippen LogP contribution in [-0.4, -0.2) is 45.0 Å². The van der Waals surface area contributed by atoms with E-state index in [-0.39, 0.29) is 11.7 Å². The Morgan fingerprint density at radius 3 is 2.57 bits per heavy atom. The van der Waals surface area contributed by atoms with Gasteiger partial charge < -0.3 is 10.2 Å². The molecule has 2 heterocycles. The highest BCUT2D eigenvalue weighted by Gasteiger charge is 2.16. The summed E-state index contributed by atoms with van der Waals surface area (Å²) in [5.41, 5.74) is 6.53. The van der Waals surface area contributed by atoms with Gasteiger partial charge in [-0.15, -0.1) is 5.10 Å². The van der Waals surface area contributed by atoms with Crippen LogP contribution in [0, 0.1) is 20.8 Å². The van der Waals surface area contributed by atoms with Gasteiger partial charge in [0.15, 0.2) is 0 Å². The summed E-state index contributed by atoms with van der Waals surface area (Å²) in [6.45, 7) is 8.44. The molecule has 1 fully saturated rings. The molecule has 0 unspecified atom stereocenters. The quantitative estimate of drug-likeness (QED) is 0.607. The molecule has 30 heavy (non-hydrogen) atoms. The number of amides is 1. The molecule has 1 N–H and O–H groups in total. The van der Waals surface area contributed by atoms with Gasteiger partial charge >= 0.3 is 0 Å². The van der Waals surface area contributed by atoms with E-state index in [1.165, 1.54) is 47.0 Å². The molecule has 4 rings (SSSR count). The van der Waals surface area contributed by atoms with Crippen LogP contribution < -0.4 is 10.2 Å². The van der Waals surface area contributed by atoms with Crippen LogP contribution in [0.1, 0.15) is 29.5 Å². The number of thioether (sulfide) groups is 1. The van der Waals surface area contributed by atoms with Crippen molar-refractivity contribution in [2.45, 2.75) is 38.8 Å². The van der Waals surface area contributed by atoms with Crippen LogP contribution >= 0.6 is 11.8 Å². The molecule has 7 nitrogen and oxygen atoms in total. The van der Waals surface area contributed by atoms with Crippen molar-refractivity contribution in [1.29, 1.82) is 0 Å². The van der Waals surface area contributed by atoms with Crippen LogP contribution in [0.5, 0.6) is 0 Å². The van der Waals surface area contributed by atoms with E-state index in [2.05, 4.69) is 52.6 Å². The molecular formula is C22H26N6OS. The average Bonchev–Trinajstić information content (AvgIpc) is 3.40. The predicted molar refractivity (Wildman–Crippen MR) is 121 cm³/mol. The van der Waals surface area contributed by atoms with Crippen molar-refractivity contribution >= 4 is 29.0 Å². The van der Waals surface area contributed by atoms with Gasteiger partial charge in [0, 0.05) is 24.5 Å². The van der Waals surface area contributed by atoms with Gasteiger partial charge in [0.25, 0.3) is 0 Å². The highest BCUT2D eigenvalue weighted by atomic mass is 32.2. The first-order valence-corrected chi connectivity index (χ1v) is 11.1. The van der Waals surface area contributed by atoms with E-state index in [0.29, 0.717) is 5.16 Å². The zero-order valence-corrected chi connectivity index (χ0v) is 18.4. The monoisotopic (exact) mass is 422 g/mol. The average molecular weight is 423 g/mol. The number of hydrogen-bond acceptors (Lipinski definition) is 6. The molecular weight excluding hydrogens is 396 g/mol. The van der Waals surface area contributed by atoms with Gasteiger partial charge in [-0.2, -0.15) is 4.68 Å². The van der Waals surface area contributed by atoms with Crippen molar-refractivity contribution < 1.29 is 4.79 Å². The number of nitrogens with one attached hydrogen (secondary N) is 1. The molecule has 0 aliphatic carbocycles. The highest BCUT2D eigenvalue weighted by molar-refractivity contribution is 7.99. The Balaban J connectivity index is 1.38. The number of anilines is 2. The minimum Gasteiger partial charge on any atom is -0.371 e. The second kappa shape index (κ2) is 8.87. The van der Waals surface area contributed by atoms with Gasteiger partial charge in [0.1, 0.15) is 0 Å². The molecule has 0 spiro atoms. The van der Waals surface area contributed by atoms with Crippen molar-refractivity contribution in [2.75, 3.05) is 29.1 Å². The Morgan fingerprint density at radius 2 is 1.83 bits per heavy atom. The Hall–Kier alpha value is -2.87. The maximum absolute atomic E-state index is 12.5. The number of rotatable bonds is 6. The number of nitrogens with zero attached hydrogens (tertiary/aromatic N) is 5. The molecule has 0 atom stereocenters. The number of carbonyl (C=O) groups is 1. The van der Waals surface area contributed by atoms with Crippen LogP contribution in [-0.2, 0) is 4.79 Å². The summed E-state index contributed by atoms with van der Waals surface area (Å²) in [6, 6.07) is 12.2. The number of hydrogen-bond donors (Lipinski definition) is 1. The fraction of sp³-hybridized carbons (Fsp3) is 0.364. The molecule has 1 aromatic heterocycles. The lowest BCUT2D eigenvalue weighted by molar-refractivity contribution is -0.113. The zero-order chi connectivity index (χ0) is 21.1. The minimum atomic E-state index is -0.0806. The molecule has 3 aromatic rings. The van der Waals surface area contributed by atoms with Gasteiger partial charge in [0.05, 0.1) is 11.4 Å². The summed E-state index contributed by atoms with van der Waals surface area (Å²) < 4.78 is 1.67. The Kier molecular flexibility index (Phi) is 6.03. The standard InChI is InChI=1S/C22H26N6OS/c1-15-6-8-19(13-16(15)2)28-22(24-25-26-28)30-14-21(29)23-18-7-9-20(17(3)12-18)27-10-4-5-11-27/h6-9,12-13H,4-5,10-11,14H2,1-3H3,(H,23,29). The predicted octanol–water partition coefficient (Wildman–Crippen LogP) is 3.92. The first-order chi connectivity index (χ1) is 14.5. The second-order valence-corrected chi connectivity index (χ2v) is 8.62. The maximum Gasteiger partial charge on any atom is 0.234 e. The minimum absolute atomic E-state index is 0.0806. The van der Waals surface area contributed by atoms with Crippen molar-refractivity contribution in [3.63, 3.8) is 0 Å². The Bertz CT molecular complexity index is 1060. The topological polar surface area (TPSA) is 75.9 Å². The molecule has 1 saturated heterocycles. The number of carbonyl (C=O) groups excluding carboxylic acids is 1. The highest BCUT2D eigenvalue weighted by Crippen LogP contribution is 2.27. The second-order valence-electron chi connectivity index (χ2n) is 7.67. The molecule has 1 amide bonds. The largest absolute Gasteiger partial charge is 0.371 e. The Morgan fingerprint density at radius 1 is 1.03 bits per heavy atom. The fourth-order valence-corrected chi connectivity index (χ4v) is 4.35. The van der Waals surface area contributed by atoms with Gasteiger partial charge in [-0.1, -0.05) is 17.8 Å². The van der Waals surface area contributed by atoms with Crippen LogP contribution in [0.15, 0.2) is 41.6 Å². The summed E-state index contributed by atoms with van der Waals surface area (Å²) in [5, 5.41) is 15.5. The zero-order valence-electron chi connectivity index (χ0n) is 17.6. The van der Waals surface area contributed by atoms with Gasteiger partial charge in [-0.25, -0.2) is 0 Å². The third kappa shape index (κ3) is 4.48. The summed E-state index contributed by atoms with van der Waals surface area (Å²) >= 11 is 1.32. The molecule has 0 saturated carbocycles. The molecule has 156 valence electrons. The van der Waals surface area contributed by atoms with E-state index in [1.807, 2.05) is 30.3 Å². The fourth-order valence-electron chi connectivity index (χ4n) is 3.66. The van der Waals surface area contributed by atoms with Gasteiger partial charge in [-0.05, 0) is 91.1 Å². The van der Waals surface area contributed by atoms with Crippen molar-refractivity contribution in [3.05, 3.63) is 53.1 Å². The summed E-state index contributed by atoms with van der Waals surface area (Å²) in [4.78, 5) is 14.9. The first-order valence-electron chi connectivity index (χ1n) is 10.2. The number of tetrazole rings is 1. The van der Waals surface area contributed by atoms with E-state index in [9.17, 15) is 4.79 Å². The maximum atomic E-state index is 12.5. The van der Waals surface area contributed by atoms with E-state index in [4.69, 9.17) is 0 Å². The molecule has 8 heteroatoms. The van der Waals surface area contributed by atoms with E-state index in [1.54, 1.807) is 4.68 Å². The SMILES string of the molecule is Cc1ccc(-n2nnnc2SCC(=O)Nc2ccc(N3CCCC3)c(C)c2)cc1C. The molecule has 1 aliphatic heterocycles. The lowest BCUT2D eigenvalue weighted by atomic mass is 10.1. The lowest BCUT2D eigenvalue weighted by Gasteiger charge is -2.20. The van der Waals surface area contributed by atoms with Crippen molar-refractivity contribution in [2.24, 2.45) is 0 Å². The van der Waals surface area contributed by atoms with Crippen LogP contribution in [0.2, 0.25) is 0 Å². The van der Waals surface area contributed by atoms with Crippen LogP contribution in [0.25, 0.3) is 5.69 Å². The number of aromatic nitrogens is 4. The summed E-state index contributed by atoms with van der Waals surface area (Å²) in [7, 11) is 0. The molecule has 0 bridgehead atoms. The van der Waals surface area contributed by atoms with Crippen molar-refractivity contribution in [3.8, 4) is 5.69 Å². The Labute approximate surface area is 180 Å². The summed E-state index contributed by atoms with van der Waals surface area (Å²) in [5.74, 6) is 0.154. The number of benzene rings is 2. The van der Waals surface area contributed by atoms with Gasteiger partial charge in [-0.3, -0.25) is 4.79 Å². The van der Waals surface area contributed by atoms with Gasteiger partial charge in [0.2, 0.25) is 11.1 Å². The smallest absolute Gasteiger partial charge is 0.234 e. The lowest BCUT2D eigenvalue weighted by Crippen LogP contribution is -2.19. The normalized spacial score (nSPS) is 13.6. The third-order valence-electron chi connectivity index (χ3n) is 5.44. The first kappa shape index (κ1) is 20.4. The van der Waals surface area contributed by atoms with E-state index in [0.717, 1.165) is 24.5 Å². The van der Waals surface area contributed by atoms with E-state index >= 15 is 0 Å². The third-order valence-corrected chi connectivity index (χ3v) is 6.35. The summed E-state index contributed by atoms with van der Waals surface area (Å²) in [6.07, 6.45) is 2.49. The molecule has 0 radical (unpaired) electrons. The van der Waals surface area contributed by atoms with Crippen molar-refractivity contribution in [1.82, 2.24) is 20.2 Å². The van der Waals surface area contributed by atoms with E-state index < -0.39 is 0 Å². The number of aryl methyl sites for hydroxylation is 3. The van der Waals surface area contributed by atoms with Crippen LogP contribution in [0.4, 0.5) is 11.4 Å². The molecule has 2 aromatic carbocycles. The molecule has 1 aliphatic rings.